The molecule has 0 amide bonds. The molecule has 0 spiro atoms. The average Bonchev–Trinajstić information content (AvgIpc) is 3.05. The summed E-state index contributed by atoms with van der Waals surface area (Å²) in [5, 5.41) is 18.7. The molecule has 0 saturated heterocycles. The molecule has 0 bridgehead atoms. The van der Waals surface area contributed by atoms with E-state index in [1.165, 1.54) is 0 Å². The van der Waals surface area contributed by atoms with E-state index in [1.54, 1.807) is 18.3 Å². The average molecular weight is 336 g/mol. The van der Waals surface area contributed by atoms with Crippen molar-refractivity contribution in [3.8, 4) is 11.3 Å². The number of rotatable bonds is 7. The number of fused-ring (bicyclic) bond motifs is 1. The Kier molecular flexibility index (Phi) is 4.98. The highest BCUT2D eigenvalue weighted by atomic mass is 15.4. The summed E-state index contributed by atoms with van der Waals surface area (Å²) in [7, 11) is 0. The van der Waals surface area contributed by atoms with E-state index in [4.69, 9.17) is 10.9 Å². The molecular weight excluding hydrogens is 316 g/mol. The molecule has 3 aromatic rings. The minimum Gasteiger partial charge on any atom is -0.369 e. The normalized spacial score (nSPS) is 10.6. The number of imidazole rings is 1. The second-order valence-corrected chi connectivity index (χ2v) is 5.59. The second-order valence-electron chi connectivity index (χ2n) is 5.59. The smallest absolute Gasteiger partial charge is 0.154 e. The number of benzene rings is 1. The van der Waals surface area contributed by atoms with Gasteiger partial charge in [-0.1, -0.05) is 42.8 Å². The molecule has 3 rings (SSSR count). The molecule has 2 aromatic heterocycles. The van der Waals surface area contributed by atoms with Crippen molar-refractivity contribution < 1.29 is 0 Å². The maximum absolute atomic E-state index is 7.75. The van der Waals surface area contributed by atoms with Gasteiger partial charge < -0.3 is 5.32 Å². The number of aromatic nitrogens is 3. The number of amidine groups is 1. The first-order valence-corrected chi connectivity index (χ1v) is 8.13. The summed E-state index contributed by atoms with van der Waals surface area (Å²) >= 11 is 0. The fourth-order valence-corrected chi connectivity index (χ4v) is 2.49. The van der Waals surface area contributed by atoms with Gasteiger partial charge in [0.25, 0.3) is 0 Å². The van der Waals surface area contributed by atoms with E-state index in [0.29, 0.717) is 5.56 Å². The van der Waals surface area contributed by atoms with Crippen LogP contribution in [0.2, 0.25) is 0 Å². The Morgan fingerprint density at radius 2 is 2.00 bits per heavy atom. The van der Waals surface area contributed by atoms with Crippen LogP contribution in [0.1, 0.15) is 25.3 Å². The highest BCUT2D eigenvalue weighted by Crippen LogP contribution is 2.21. The van der Waals surface area contributed by atoms with Gasteiger partial charge >= 0.3 is 0 Å². The van der Waals surface area contributed by atoms with Crippen LogP contribution in [-0.2, 0) is 0 Å². The highest BCUT2D eigenvalue weighted by molar-refractivity contribution is 5.96. The standard InChI is InChI=1S/C17H20N8/c1-2-3-10-20-15-8-9-16-21-11-14(25(16)23-15)12-4-6-13(7-5-12)17(18)22-24-19/h4-9,11H,2-3,10H2,1H3,(H,20,23)(H3,18,19,22). The van der Waals surface area contributed by atoms with Gasteiger partial charge in [-0.15, -0.1) is 5.10 Å². The number of anilines is 1. The Labute approximate surface area is 145 Å². The van der Waals surface area contributed by atoms with Crippen LogP contribution in [-0.4, -0.2) is 27.0 Å². The van der Waals surface area contributed by atoms with Gasteiger partial charge in [-0.25, -0.2) is 14.9 Å². The summed E-state index contributed by atoms with van der Waals surface area (Å²) in [5.74, 6) is 0.903. The number of hydrogen-bond acceptors (Lipinski definition) is 6. The van der Waals surface area contributed by atoms with Crippen molar-refractivity contribution >= 4 is 17.3 Å². The molecule has 0 radical (unpaired) electrons. The molecule has 4 N–H and O–H groups in total. The van der Waals surface area contributed by atoms with E-state index in [1.807, 2.05) is 28.8 Å². The molecule has 0 aliphatic carbocycles. The van der Waals surface area contributed by atoms with Crippen LogP contribution < -0.4 is 10.7 Å². The molecule has 0 unspecified atom stereocenters. The van der Waals surface area contributed by atoms with Gasteiger partial charge in [0.1, 0.15) is 11.7 Å². The van der Waals surface area contributed by atoms with Crippen molar-refractivity contribution in [3.63, 3.8) is 0 Å². The van der Waals surface area contributed by atoms with E-state index in [2.05, 4.69) is 33.0 Å². The molecule has 2 heterocycles. The maximum Gasteiger partial charge on any atom is 0.154 e. The third kappa shape index (κ3) is 3.63. The van der Waals surface area contributed by atoms with Crippen LogP contribution in [0.15, 0.2) is 47.8 Å². The predicted molar refractivity (Wildman–Crippen MR) is 96.9 cm³/mol. The lowest BCUT2D eigenvalue weighted by molar-refractivity contribution is 0.823. The van der Waals surface area contributed by atoms with Crippen LogP contribution in [0.4, 0.5) is 5.82 Å². The fourth-order valence-electron chi connectivity index (χ4n) is 2.49. The van der Waals surface area contributed by atoms with Crippen molar-refractivity contribution in [2.45, 2.75) is 19.8 Å². The molecule has 0 saturated carbocycles. The highest BCUT2D eigenvalue weighted by Gasteiger charge is 2.09. The Hall–Kier alpha value is -3.29. The van der Waals surface area contributed by atoms with Gasteiger partial charge in [-0.3, -0.25) is 5.41 Å². The first kappa shape index (κ1) is 16.6. The first-order chi connectivity index (χ1) is 12.2. The molecule has 0 aliphatic rings. The van der Waals surface area contributed by atoms with Crippen molar-refractivity contribution in [2.24, 2.45) is 5.22 Å². The lowest BCUT2D eigenvalue weighted by atomic mass is 10.1. The van der Waals surface area contributed by atoms with E-state index >= 15 is 0 Å². The monoisotopic (exact) mass is 336 g/mol. The van der Waals surface area contributed by atoms with Gasteiger partial charge in [0.05, 0.1) is 11.9 Å². The predicted octanol–water partition coefficient (Wildman–Crippen LogP) is 3.47. The number of nitrogens with one attached hydrogen (secondary N) is 4. The van der Waals surface area contributed by atoms with Gasteiger partial charge in [0.2, 0.25) is 0 Å². The lowest BCUT2D eigenvalue weighted by Gasteiger charge is -2.07. The van der Waals surface area contributed by atoms with Crippen molar-refractivity contribution in [3.05, 3.63) is 48.2 Å². The molecule has 0 atom stereocenters. The van der Waals surface area contributed by atoms with Gasteiger partial charge in [-0.05, 0) is 18.6 Å². The Balaban J connectivity index is 1.88. The van der Waals surface area contributed by atoms with Crippen molar-refractivity contribution in [1.29, 1.82) is 10.9 Å². The van der Waals surface area contributed by atoms with Crippen LogP contribution in [0.25, 0.3) is 16.9 Å². The summed E-state index contributed by atoms with van der Waals surface area (Å²) in [6.45, 7) is 3.05. The topological polar surface area (TPSA) is 114 Å². The zero-order valence-electron chi connectivity index (χ0n) is 14.0. The number of nitrogens with zero attached hydrogens (tertiary/aromatic N) is 4. The summed E-state index contributed by atoms with van der Waals surface area (Å²) in [6, 6.07) is 11.3. The third-order valence-electron chi connectivity index (χ3n) is 3.84. The number of hydrogen-bond donors (Lipinski definition) is 4. The minimum atomic E-state index is 0.0835. The molecule has 128 valence electrons. The van der Waals surface area contributed by atoms with Gasteiger partial charge in [0.15, 0.2) is 5.65 Å². The summed E-state index contributed by atoms with van der Waals surface area (Å²) in [5.41, 5.74) is 12.3. The number of unbranched alkanes of at least 4 members (excludes halogenated alkanes) is 1. The third-order valence-corrected chi connectivity index (χ3v) is 3.84. The molecular formula is C17H20N8. The van der Waals surface area contributed by atoms with Crippen LogP contribution >= 0.6 is 0 Å². The molecule has 0 fully saturated rings. The van der Waals surface area contributed by atoms with E-state index in [9.17, 15) is 0 Å². The van der Waals surface area contributed by atoms with Crippen molar-refractivity contribution in [1.82, 2.24) is 20.0 Å². The fraction of sp³-hybridized carbons (Fsp3) is 0.235. The maximum atomic E-state index is 7.75. The summed E-state index contributed by atoms with van der Waals surface area (Å²) < 4.78 is 1.81. The van der Waals surface area contributed by atoms with Crippen LogP contribution in [0.5, 0.6) is 0 Å². The molecule has 0 aliphatic heterocycles. The van der Waals surface area contributed by atoms with Crippen molar-refractivity contribution in [2.75, 3.05) is 11.9 Å². The Morgan fingerprint density at radius 1 is 1.20 bits per heavy atom. The molecule has 1 aromatic carbocycles. The van der Waals surface area contributed by atoms with E-state index in [0.717, 1.165) is 42.1 Å². The molecule has 25 heavy (non-hydrogen) atoms. The van der Waals surface area contributed by atoms with E-state index in [-0.39, 0.29) is 5.84 Å². The Morgan fingerprint density at radius 3 is 2.72 bits per heavy atom. The first-order valence-electron chi connectivity index (χ1n) is 8.13. The Bertz CT molecular complexity index is 881. The zero-order chi connectivity index (χ0) is 17.6. The lowest BCUT2D eigenvalue weighted by Crippen LogP contribution is -2.16. The summed E-state index contributed by atoms with van der Waals surface area (Å²) in [6.07, 6.45) is 4.02. The zero-order valence-corrected chi connectivity index (χ0v) is 14.0. The second kappa shape index (κ2) is 7.52. The quantitative estimate of drug-likeness (QED) is 0.174. The minimum absolute atomic E-state index is 0.0835. The largest absolute Gasteiger partial charge is 0.369 e. The van der Waals surface area contributed by atoms with E-state index < -0.39 is 0 Å². The summed E-state index contributed by atoms with van der Waals surface area (Å²) in [4.78, 5) is 4.40. The SMILES string of the molecule is CCCCNc1ccc2ncc(-c3ccc(C(=N)NN=N)cc3)n2n1. The van der Waals surface area contributed by atoms with Gasteiger partial charge in [0, 0.05) is 17.7 Å². The molecule has 8 nitrogen and oxygen atoms in total. The van der Waals surface area contributed by atoms with Gasteiger partial charge in [-0.2, -0.15) is 5.53 Å². The van der Waals surface area contributed by atoms with Crippen LogP contribution in [0.3, 0.4) is 0 Å². The van der Waals surface area contributed by atoms with Crippen LogP contribution in [0, 0.1) is 10.9 Å². The molecule has 8 heteroatoms.